The third kappa shape index (κ3) is 5.65. The standard InChI is InChI=1S/C22H35N3O/c1-19(2)8-11-24-13-10-21(22(26)18-24)25-16-14-23(15-17-25)12-9-20-6-4-3-5-7-20/h3-8,21-22,26H,9-18H2,1-2H3/t21-,22-/m1/s1. The topological polar surface area (TPSA) is 30.0 Å². The summed E-state index contributed by atoms with van der Waals surface area (Å²) in [5.41, 5.74) is 2.78. The number of hydrogen-bond acceptors (Lipinski definition) is 4. The van der Waals surface area contributed by atoms with Crippen LogP contribution in [0.5, 0.6) is 0 Å². The van der Waals surface area contributed by atoms with Crippen LogP contribution in [-0.4, -0.2) is 84.3 Å². The molecule has 2 saturated heterocycles. The van der Waals surface area contributed by atoms with Gasteiger partial charge in [-0.1, -0.05) is 42.0 Å². The molecule has 2 fully saturated rings. The maximum atomic E-state index is 10.7. The lowest BCUT2D eigenvalue weighted by atomic mass is 9.99. The highest BCUT2D eigenvalue weighted by Crippen LogP contribution is 2.19. The summed E-state index contributed by atoms with van der Waals surface area (Å²) in [6.07, 6.45) is 4.26. The van der Waals surface area contributed by atoms with Gasteiger partial charge in [0.05, 0.1) is 6.10 Å². The summed E-state index contributed by atoms with van der Waals surface area (Å²) in [5, 5.41) is 10.7. The number of aliphatic hydroxyl groups is 1. The molecule has 3 rings (SSSR count). The van der Waals surface area contributed by atoms with E-state index >= 15 is 0 Å². The van der Waals surface area contributed by atoms with Crippen LogP contribution in [0.3, 0.4) is 0 Å². The van der Waals surface area contributed by atoms with Crippen LogP contribution in [0.15, 0.2) is 42.0 Å². The Labute approximate surface area is 159 Å². The minimum absolute atomic E-state index is 0.217. The van der Waals surface area contributed by atoms with E-state index in [1.165, 1.54) is 11.1 Å². The highest BCUT2D eigenvalue weighted by molar-refractivity contribution is 5.14. The molecule has 0 amide bonds. The average molecular weight is 358 g/mol. The number of likely N-dealkylation sites (tertiary alicyclic amines) is 1. The molecule has 0 spiro atoms. The SMILES string of the molecule is CC(C)=CCN1CC[C@@H](N2CCN(CCc3ccccc3)CC2)[C@H](O)C1. The van der Waals surface area contributed by atoms with Gasteiger partial charge < -0.3 is 10.0 Å². The van der Waals surface area contributed by atoms with Gasteiger partial charge in [-0.25, -0.2) is 0 Å². The van der Waals surface area contributed by atoms with Crippen LogP contribution in [0.2, 0.25) is 0 Å². The Bertz CT molecular complexity index is 562. The van der Waals surface area contributed by atoms with Crippen LogP contribution in [0.1, 0.15) is 25.8 Å². The first-order valence-corrected chi connectivity index (χ1v) is 10.2. The van der Waals surface area contributed by atoms with Crippen LogP contribution in [0.25, 0.3) is 0 Å². The molecule has 2 heterocycles. The molecule has 1 aromatic carbocycles. The van der Waals surface area contributed by atoms with E-state index < -0.39 is 0 Å². The van der Waals surface area contributed by atoms with E-state index in [4.69, 9.17) is 0 Å². The molecule has 0 bridgehead atoms. The maximum absolute atomic E-state index is 10.7. The second kappa shape index (κ2) is 9.65. The molecule has 26 heavy (non-hydrogen) atoms. The summed E-state index contributed by atoms with van der Waals surface area (Å²) in [4.78, 5) is 7.48. The summed E-state index contributed by atoms with van der Waals surface area (Å²) in [6.45, 7) is 12.7. The predicted molar refractivity (Wildman–Crippen MR) is 108 cm³/mol. The van der Waals surface area contributed by atoms with Gasteiger partial charge >= 0.3 is 0 Å². The van der Waals surface area contributed by atoms with Gasteiger partial charge in [0, 0.05) is 58.4 Å². The van der Waals surface area contributed by atoms with Crippen LogP contribution in [0.4, 0.5) is 0 Å². The zero-order valence-corrected chi connectivity index (χ0v) is 16.5. The first-order valence-electron chi connectivity index (χ1n) is 10.2. The number of benzene rings is 1. The maximum Gasteiger partial charge on any atom is 0.0822 e. The van der Waals surface area contributed by atoms with Crippen molar-refractivity contribution in [1.82, 2.24) is 14.7 Å². The van der Waals surface area contributed by atoms with E-state index in [1.807, 2.05) is 0 Å². The number of rotatable bonds is 6. The van der Waals surface area contributed by atoms with E-state index in [2.05, 4.69) is 65.0 Å². The summed E-state index contributed by atoms with van der Waals surface area (Å²) < 4.78 is 0. The molecule has 2 atom stereocenters. The van der Waals surface area contributed by atoms with Crippen LogP contribution in [0, 0.1) is 0 Å². The van der Waals surface area contributed by atoms with Gasteiger partial charge in [-0.2, -0.15) is 0 Å². The number of allylic oxidation sites excluding steroid dienone is 1. The summed E-state index contributed by atoms with van der Waals surface area (Å²) in [6, 6.07) is 11.1. The van der Waals surface area contributed by atoms with E-state index in [-0.39, 0.29) is 6.10 Å². The van der Waals surface area contributed by atoms with Gasteiger partial charge in [-0.3, -0.25) is 9.80 Å². The van der Waals surface area contributed by atoms with Gasteiger partial charge in [0.15, 0.2) is 0 Å². The van der Waals surface area contributed by atoms with Gasteiger partial charge in [-0.05, 0) is 32.3 Å². The lowest BCUT2D eigenvalue weighted by Crippen LogP contribution is -2.58. The lowest BCUT2D eigenvalue weighted by Gasteiger charge is -2.45. The van der Waals surface area contributed by atoms with Gasteiger partial charge in [-0.15, -0.1) is 0 Å². The van der Waals surface area contributed by atoms with Crippen molar-refractivity contribution in [2.24, 2.45) is 0 Å². The Morgan fingerprint density at radius 2 is 1.77 bits per heavy atom. The van der Waals surface area contributed by atoms with Gasteiger partial charge in [0.25, 0.3) is 0 Å². The minimum Gasteiger partial charge on any atom is -0.390 e. The Hall–Kier alpha value is -1.20. The zero-order valence-electron chi connectivity index (χ0n) is 16.5. The van der Waals surface area contributed by atoms with Crippen molar-refractivity contribution in [2.75, 3.05) is 52.4 Å². The van der Waals surface area contributed by atoms with Crippen LogP contribution in [-0.2, 0) is 6.42 Å². The fourth-order valence-electron chi connectivity index (χ4n) is 4.14. The third-order valence-corrected chi connectivity index (χ3v) is 5.82. The summed E-state index contributed by atoms with van der Waals surface area (Å²) in [7, 11) is 0. The normalized spacial score (nSPS) is 26.0. The highest BCUT2D eigenvalue weighted by Gasteiger charge is 2.33. The first kappa shape index (κ1) is 19.6. The molecule has 0 aromatic heterocycles. The van der Waals surface area contributed by atoms with E-state index in [0.29, 0.717) is 6.04 Å². The molecule has 0 radical (unpaired) electrons. The van der Waals surface area contributed by atoms with Crippen LogP contribution < -0.4 is 0 Å². The van der Waals surface area contributed by atoms with Crippen molar-refractivity contribution < 1.29 is 5.11 Å². The predicted octanol–water partition coefficient (Wildman–Crippen LogP) is 2.25. The van der Waals surface area contributed by atoms with Crippen molar-refractivity contribution in [3.8, 4) is 0 Å². The van der Waals surface area contributed by atoms with Crippen molar-refractivity contribution in [1.29, 1.82) is 0 Å². The molecular weight excluding hydrogens is 322 g/mol. The molecule has 4 heteroatoms. The number of β-amino-alcohol motifs (C(OH)–C–C–N with tert-alkyl or cyclic N) is 1. The van der Waals surface area contributed by atoms with Crippen molar-refractivity contribution in [3.63, 3.8) is 0 Å². The third-order valence-electron chi connectivity index (χ3n) is 5.82. The number of hydrogen-bond donors (Lipinski definition) is 1. The molecule has 0 aliphatic carbocycles. The fourth-order valence-corrected chi connectivity index (χ4v) is 4.14. The fraction of sp³-hybridized carbons (Fsp3) is 0.636. The molecule has 1 aromatic rings. The number of aliphatic hydroxyl groups excluding tert-OH is 1. The Morgan fingerprint density at radius 3 is 2.42 bits per heavy atom. The van der Waals surface area contributed by atoms with E-state index in [0.717, 1.165) is 65.2 Å². The van der Waals surface area contributed by atoms with E-state index in [1.54, 1.807) is 0 Å². The second-order valence-electron chi connectivity index (χ2n) is 8.08. The molecule has 4 nitrogen and oxygen atoms in total. The Kier molecular flexibility index (Phi) is 7.26. The summed E-state index contributed by atoms with van der Waals surface area (Å²) >= 11 is 0. The zero-order chi connectivity index (χ0) is 18.4. The van der Waals surface area contributed by atoms with Crippen molar-refractivity contribution in [3.05, 3.63) is 47.5 Å². The van der Waals surface area contributed by atoms with E-state index in [9.17, 15) is 5.11 Å². The summed E-state index contributed by atoms with van der Waals surface area (Å²) in [5.74, 6) is 0. The van der Waals surface area contributed by atoms with Crippen molar-refractivity contribution in [2.45, 2.75) is 38.8 Å². The molecule has 0 unspecified atom stereocenters. The number of piperazine rings is 1. The van der Waals surface area contributed by atoms with Crippen molar-refractivity contribution >= 4 is 0 Å². The van der Waals surface area contributed by atoms with Gasteiger partial charge in [0.1, 0.15) is 0 Å². The smallest absolute Gasteiger partial charge is 0.0822 e. The molecule has 2 aliphatic rings. The Balaban J connectivity index is 1.40. The van der Waals surface area contributed by atoms with Crippen LogP contribution >= 0.6 is 0 Å². The number of piperidine rings is 1. The number of nitrogens with zero attached hydrogens (tertiary/aromatic N) is 3. The molecule has 2 aliphatic heterocycles. The first-order chi connectivity index (χ1) is 12.6. The molecule has 1 N–H and O–H groups in total. The Morgan fingerprint density at radius 1 is 1.04 bits per heavy atom. The van der Waals surface area contributed by atoms with Gasteiger partial charge in [0.2, 0.25) is 0 Å². The monoisotopic (exact) mass is 357 g/mol. The molecule has 0 saturated carbocycles. The average Bonchev–Trinajstić information content (AvgIpc) is 2.66. The minimum atomic E-state index is -0.217. The highest BCUT2D eigenvalue weighted by atomic mass is 16.3. The quantitative estimate of drug-likeness (QED) is 0.791. The molecule has 144 valence electrons. The molecular formula is C22H35N3O. The largest absolute Gasteiger partial charge is 0.390 e. The lowest BCUT2D eigenvalue weighted by molar-refractivity contribution is -0.0263. The second-order valence-corrected chi connectivity index (χ2v) is 8.08.